The molecule has 0 aromatic heterocycles. The molecule has 2 aromatic rings. The van der Waals surface area contributed by atoms with Crippen molar-refractivity contribution in [3.05, 3.63) is 64.1 Å². The molecule has 8 heteroatoms. The van der Waals surface area contributed by atoms with Crippen LogP contribution in [0.25, 0.3) is 0 Å². The highest BCUT2D eigenvalue weighted by atomic mass is 35.5. The number of amides is 1. The summed E-state index contributed by atoms with van der Waals surface area (Å²) in [6.45, 7) is 0.0793. The fourth-order valence-electron chi connectivity index (χ4n) is 3.06. The smallest absolute Gasteiger partial charge is 0.261 e. The third-order valence-electron chi connectivity index (χ3n) is 4.37. The summed E-state index contributed by atoms with van der Waals surface area (Å²) in [5.41, 5.74) is 0.836. The largest absolute Gasteiger partial charge is 0.484 e. The van der Waals surface area contributed by atoms with E-state index in [9.17, 15) is 13.2 Å². The molecule has 0 bridgehead atoms. The van der Waals surface area contributed by atoms with E-state index in [2.05, 4.69) is 0 Å². The van der Waals surface area contributed by atoms with Gasteiger partial charge in [-0.15, -0.1) is 0 Å². The Balaban J connectivity index is 1.75. The van der Waals surface area contributed by atoms with Gasteiger partial charge in [0, 0.05) is 22.6 Å². The molecule has 1 aliphatic heterocycles. The molecule has 3 rings (SSSR count). The fraction of sp³-hybridized carbons (Fsp3) is 0.316. The Kier molecular flexibility index (Phi) is 6.29. The van der Waals surface area contributed by atoms with E-state index in [0.29, 0.717) is 22.2 Å². The molecule has 1 atom stereocenters. The number of ether oxygens (including phenoxy) is 1. The van der Waals surface area contributed by atoms with Gasteiger partial charge in [-0.2, -0.15) is 0 Å². The molecule has 0 N–H and O–H groups in total. The zero-order valence-electron chi connectivity index (χ0n) is 14.5. The number of rotatable bonds is 6. The molecular formula is C19H19Cl2NO4S. The van der Waals surface area contributed by atoms with E-state index in [0.717, 1.165) is 5.56 Å². The second kappa shape index (κ2) is 8.50. The summed E-state index contributed by atoms with van der Waals surface area (Å²) in [5.74, 6) is 0.262. The lowest BCUT2D eigenvalue weighted by atomic mass is 10.1. The zero-order valence-corrected chi connectivity index (χ0v) is 16.8. The quantitative estimate of drug-likeness (QED) is 0.706. The van der Waals surface area contributed by atoms with Gasteiger partial charge in [0.05, 0.1) is 11.5 Å². The zero-order chi connectivity index (χ0) is 19.4. The van der Waals surface area contributed by atoms with Crippen LogP contribution in [0.5, 0.6) is 5.75 Å². The van der Waals surface area contributed by atoms with Crippen molar-refractivity contribution in [3.63, 3.8) is 0 Å². The van der Waals surface area contributed by atoms with Crippen molar-refractivity contribution in [3.8, 4) is 5.75 Å². The minimum Gasteiger partial charge on any atom is -0.484 e. The SMILES string of the molecule is O=C(COc1cccc(Cl)c1)N(Cc1cccc(Cl)c1)C1CCS(=O)(=O)C1. The molecule has 1 unspecified atom stereocenters. The molecule has 1 amide bonds. The molecule has 2 aromatic carbocycles. The lowest BCUT2D eigenvalue weighted by Gasteiger charge is -2.28. The Labute approximate surface area is 168 Å². The van der Waals surface area contributed by atoms with Crippen LogP contribution in [0.4, 0.5) is 0 Å². The van der Waals surface area contributed by atoms with Crippen molar-refractivity contribution in [2.24, 2.45) is 0 Å². The fourth-order valence-corrected chi connectivity index (χ4v) is 5.18. The molecule has 1 aliphatic rings. The molecule has 5 nitrogen and oxygen atoms in total. The van der Waals surface area contributed by atoms with Gasteiger partial charge in [0.1, 0.15) is 5.75 Å². The van der Waals surface area contributed by atoms with Crippen LogP contribution in [0.15, 0.2) is 48.5 Å². The van der Waals surface area contributed by atoms with Gasteiger partial charge in [-0.25, -0.2) is 8.42 Å². The van der Waals surface area contributed by atoms with Crippen molar-refractivity contribution < 1.29 is 17.9 Å². The summed E-state index contributed by atoms with van der Waals surface area (Å²) in [5, 5.41) is 1.08. The van der Waals surface area contributed by atoms with Gasteiger partial charge in [-0.1, -0.05) is 41.4 Å². The molecule has 1 saturated heterocycles. The molecule has 0 spiro atoms. The Morgan fingerprint density at radius 1 is 1.11 bits per heavy atom. The van der Waals surface area contributed by atoms with Crippen molar-refractivity contribution in [2.75, 3.05) is 18.1 Å². The summed E-state index contributed by atoms with van der Waals surface area (Å²) in [7, 11) is -3.13. The van der Waals surface area contributed by atoms with Gasteiger partial charge in [-0.3, -0.25) is 4.79 Å². The van der Waals surface area contributed by atoms with E-state index in [-0.39, 0.29) is 36.6 Å². The van der Waals surface area contributed by atoms with Gasteiger partial charge in [0.2, 0.25) is 0 Å². The van der Waals surface area contributed by atoms with E-state index >= 15 is 0 Å². The van der Waals surface area contributed by atoms with Crippen LogP contribution in [-0.2, 0) is 21.2 Å². The minimum atomic E-state index is -3.13. The third-order valence-corrected chi connectivity index (χ3v) is 6.59. The summed E-state index contributed by atoms with van der Waals surface area (Å²) in [4.78, 5) is 14.4. The van der Waals surface area contributed by atoms with Crippen LogP contribution in [0.2, 0.25) is 10.0 Å². The highest BCUT2D eigenvalue weighted by Gasteiger charge is 2.34. The average Bonchev–Trinajstić information content (AvgIpc) is 2.97. The highest BCUT2D eigenvalue weighted by Crippen LogP contribution is 2.22. The van der Waals surface area contributed by atoms with Gasteiger partial charge in [0.25, 0.3) is 5.91 Å². The lowest BCUT2D eigenvalue weighted by Crippen LogP contribution is -2.43. The van der Waals surface area contributed by atoms with Gasteiger partial charge in [0.15, 0.2) is 16.4 Å². The van der Waals surface area contributed by atoms with Crippen LogP contribution in [0, 0.1) is 0 Å². The predicted octanol–water partition coefficient (Wildman–Crippen LogP) is 3.59. The van der Waals surface area contributed by atoms with E-state index in [1.165, 1.54) is 0 Å². The molecule has 0 aliphatic carbocycles. The maximum atomic E-state index is 12.8. The number of carbonyl (C=O) groups is 1. The first-order valence-corrected chi connectivity index (χ1v) is 11.0. The molecule has 1 fully saturated rings. The Morgan fingerprint density at radius 2 is 1.81 bits per heavy atom. The molecule has 0 radical (unpaired) electrons. The van der Waals surface area contributed by atoms with Gasteiger partial charge >= 0.3 is 0 Å². The van der Waals surface area contributed by atoms with Crippen LogP contribution < -0.4 is 4.74 Å². The monoisotopic (exact) mass is 427 g/mol. The van der Waals surface area contributed by atoms with Crippen molar-refractivity contribution >= 4 is 38.9 Å². The number of halogens is 2. The van der Waals surface area contributed by atoms with E-state index in [1.54, 1.807) is 47.4 Å². The van der Waals surface area contributed by atoms with Crippen LogP contribution in [0.3, 0.4) is 0 Å². The number of hydrogen-bond acceptors (Lipinski definition) is 4. The minimum absolute atomic E-state index is 0.0313. The second-order valence-corrected chi connectivity index (χ2v) is 9.56. The van der Waals surface area contributed by atoms with Gasteiger partial charge < -0.3 is 9.64 Å². The van der Waals surface area contributed by atoms with Crippen LogP contribution in [-0.4, -0.2) is 43.4 Å². The summed E-state index contributed by atoms with van der Waals surface area (Å²) < 4.78 is 29.3. The second-order valence-electron chi connectivity index (χ2n) is 6.45. The van der Waals surface area contributed by atoms with Crippen molar-refractivity contribution in [1.82, 2.24) is 4.90 Å². The lowest BCUT2D eigenvalue weighted by molar-refractivity contribution is -0.136. The molecule has 144 valence electrons. The third kappa shape index (κ3) is 5.61. The first kappa shape index (κ1) is 20.0. The number of carbonyl (C=O) groups excluding carboxylic acids is 1. The first-order chi connectivity index (χ1) is 12.8. The molecule has 1 heterocycles. The Hall–Kier alpha value is -1.76. The average molecular weight is 428 g/mol. The maximum Gasteiger partial charge on any atom is 0.261 e. The number of nitrogens with zero attached hydrogens (tertiary/aromatic N) is 1. The predicted molar refractivity (Wildman–Crippen MR) is 106 cm³/mol. The first-order valence-electron chi connectivity index (χ1n) is 8.45. The molecule has 0 saturated carbocycles. The van der Waals surface area contributed by atoms with E-state index < -0.39 is 9.84 Å². The van der Waals surface area contributed by atoms with E-state index in [1.807, 2.05) is 6.07 Å². The van der Waals surface area contributed by atoms with Crippen LogP contribution >= 0.6 is 23.2 Å². The Morgan fingerprint density at radius 3 is 2.44 bits per heavy atom. The number of hydrogen-bond donors (Lipinski definition) is 0. The molecular weight excluding hydrogens is 409 g/mol. The summed E-state index contributed by atoms with van der Waals surface area (Å²) >= 11 is 12.0. The maximum absolute atomic E-state index is 12.8. The van der Waals surface area contributed by atoms with Crippen LogP contribution in [0.1, 0.15) is 12.0 Å². The van der Waals surface area contributed by atoms with Crippen molar-refractivity contribution in [2.45, 2.75) is 19.0 Å². The normalized spacial score (nSPS) is 18.2. The van der Waals surface area contributed by atoms with Crippen molar-refractivity contribution in [1.29, 1.82) is 0 Å². The highest BCUT2D eigenvalue weighted by molar-refractivity contribution is 7.91. The van der Waals surface area contributed by atoms with E-state index in [4.69, 9.17) is 27.9 Å². The van der Waals surface area contributed by atoms with Gasteiger partial charge in [-0.05, 0) is 42.3 Å². The standard InChI is InChI=1S/C19H19Cl2NO4S/c20-15-4-1-3-14(9-15)11-22(17-7-8-27(24,25)13-17)19(23)12-26-18-6-2-5-16(21)10-18/h1-6,9-10,17H,7-8,11-13H2. The summed E-state index contributed by atoms with van der Waals surface area (Å²) in [6.07, 6.45) is 0.422. The number of benzene rings is 2. The molecule has 27 heavy (non-hydrogen) atoms. The number of sulfone groups is 1. The topological polar surface area (TPSA) is 63.7 Å². The summed E-state index contributed by atoms with van der Waals surface area (Å²) in [6, 6.07) is 13.6. The Bertz CT molecular complexity index is 933.